The quantitative estimate of drug-likeness (QED) is 0.943. The Morgan fingerprint density at radius 2 is 1.84 bits per heavy atom. The molecule has 3 nitrogen and oxygen atoms in total. The van der Waals surface area contributed by atoms with Crippen molar-refractivity contribution in [1.82, 2.24) is 4.72 Å². The minimum absolute atomic E-state index is 0.150. The van der Waals surface area contributed by atoms with Gasteiger partial charge in [-0.2, -0.15) is 0 Å². The van der Waals surface area contributed by atoms with Crippen LogP contribution in [0.5, 0.6) is 0 Å². The van der Waals surface area contributed by atoms with Crippen LogP contribution in [-0.4, -0.2) is 8.42 Å². The molecule has 0 bridgehead atoms. The van der Waals surface area contributed by atoms with Crippen LogP contribution < -0.4 is 4.72 Å². The summed E-state index contributed by atoms with van der Waals surface area (Å²) in [5.41, 5.74) is 0.717. The predicted molar refractivity (Wildman–Crippen MR) is 74.2 cm³/mol. The lowest BCUT2D eigenvalue weighted by Gasteiger charge is -2.06. The summed E-state index contributed by atoms with van der Waals surface area (Å²) < 4.78 is 39.5. The summed E-state index contributed by atoms with van der Waals surface area (Å²) >= 11 is 1.45. The van der Waals surface area contributed by atoms with Gasteiger partial charge in [0.2, 0.25) is 10.0 Å². The van der Waals surface area contributed by atoms with Crippen molar-refractivity contribution in [3.05, 3.63) is 51.5 Å². The van der Waals surface area contributed by atoms with E-state index < -0.39 is 10.0 Å². The molecule has 2 aromatic rings. The van der Waals surface area contributed by atoms with Crippen LogP contribution in [0.3, 0.4) is 0 Å². The highest BCUT2D eigenvalue weighted by Crippen LogP contribution is 2.24. The third kappa shape index (κ3) is 3.40. The molecule has 0 atom stereocenters. The third-order valence-corrected chi connectivity index (χ3v) is 5.29. The highest BCUT2D eigenvalue weighted by Gasteiger charge is 2.18. The van der Waals surface area contributed by atoms with Crippen molar-refractivity contribution in [3.8, 4) is 0 Å². The highest BCUT2D eigenvalue weighted by atomic mass is 32.2. The number of sulfonamides is 1. The van der Waals surface area contributed by atoms with Gasteiger partial charge in [0.1, 0.15) is 5.82 Å². The van der Waals surface area contributed by atoms with Gasteiger partial charge in [-0.15, -0.1) is 11.3 Å². The Kier molecular flexibility index (Phi) is 4.03. The largest absolute Gasteiger partial charge is 0.241 e. The van der Waals surface area contributed by atoms with Crippen LogP contribution in [-0.2, 0) is 16.6 Å². The first kappa shape index (κ1) is 14.2. The Hall–Kier alpha value is -1.24. The normalized spacial score (nSPS) is 11.7. The van der Waals surface area contributed by atoms with Gasteiger partial charge in [-0.05, 0) is 37.6 Å². The van der Waals surface area contributed by atoms with Gasteiger partial charge in [-0.1, -0.05) is 12.1 Å². The zero-order valence-corrected chi connectivity index (χ0v) is 12.2. The Balaban J connectivity index is 2.14. The fourth-order valence-corrected chi connectivity index (χ4v) is 4.30. The Bertz CT molecular complexity index is 675. The second-order valence-corrected chi connectivity index (χ2v) is 7.42. The van der Waals surface area contributed by atoms with Gasteiger partial charge < -0.3 is 0 Å². The van der Waals surface area contributed by atoms with Crippen LogP contribution in [0.1, 0.15) is 15.3 Å². The number of rotatable bonds is 4. The first-order valence-corrected chi connectivity index (χ1v) is 7.99. The Labute approximate surface area is 116 Å². The summed E-state index contributed by atoms with van der Waals surface area (Å²) in [5.74, 6) is -0.337. The van der Waals surface area contributed by atoms with Crippen molar-refractivity contribution in [3.63, 3.8) is 0 Å². The van der Waals surface area contributed by atoms with Gasteiger partial charge in [0.05, 0.1) is 4.90 Å². The van der Waals surface area contributed by atoms with Crippen LogP contribution in [0, 0.1) is 19.7 Å². The van der Waals surface area contributed by atoms with Crippen molar-refractivity contribution >= 4 is 21.4 Å². The van der Waals surface area contributed by atoms with Crippen molar-refractivity contribution in [2.75, 3.05) is 0 Å². The average Bonchev–Trinajstić information content (AvgIpc) is 2.69. The van der Waals surface area contributed by atoms with Crippen molar-refractivity contribution < 1.29 is 12.8 Å². The molecule has 1 aromatic carbocycles. The average molecular weight is 299 g/mol. The molecule has 0 fully saturated rings. The zero-order valence-electron chi connectivity index (χ0n) is 10.6. The molecule has 6 heteroatoms. The predicted octanol–water partition coefficient (Wildman–Crippen LogP) is 2.98. The molecule has 0 radical (unpaired) electrons. The van der Waals surface area contributed by atoms with Crippen LogP contribution in [0.25, 0.3) is 0 Å². The molecular formula is C13H14FNO2S2. The Morgan fingerprint density at radius 3 is 2.37 bits per heavy atom. The third-order valence-electron chi connectivity index (χ3n) is 2.66. The number of aryl methyl sites for hydroxylation is 2. The van der Waals surface area contributed by atoms with E-state index in [0.717, 1.165) is 15.3 Å². The summed E-state index contributed by atoms with van der Waals surface area (Å²) in [6.45, 7) is 3.80. The molecule has 1 heterocycles. The minimum atomic E-state index is -3.51. The number of benzene rings is 1. The van der Waals surface area contributed by atoms with E-state index in [9.17, 15) is 12.8 Å². The van der Waals surface area contributed by atoms with Crippen molar-refractivity contribution in [2.24, 2.45) is 0 Å². The van der Waals surface area contributed by atoms with E-state index in [1.54, 1.807) is 25.1 Å². The molecule has 2 rings (SSSR count). The maximum atomic E-state index is 12.7. The first-order valence-electron chi connectivity index (χ1n) is 5.69. The summed E-state index contributed by atoms with van der Waals surface area (Å²) in [7, 11) is -3.51. The number of hydrogen-bond acceptors (Lipinski definition) is 3. The minimum Gasteiger partial charge on any atom is -0.207 e. The van der Waals surface area contributed by atoms with E-state index in [0.29, 0.717) is 4.90 Å². The van der Waals surface area contributed by atoms with Gasteiger partial charge in [-0.25, -0.2) is 17.5 Å². The van der Waals surface area contributed by atoms with Crippen LogP contribution in [0.2, 0.25) is 0 Å². The molecule has 0 aliphatic rings. The molecular weight excluding hydrogens is 285 g/mol. The number of halogens is 1. The fraction of sp³-hybridized carbons (Fsp3) is 0.231. The maximum Gasteiger partial charge on any atom is 0.241 e. The van der Waals surface area contributed by atoms with Gasteiger partial charge in [0.25, 0.3) is 0 Å². The standard InChI is InChI=1S/C13H14FNO2S2/c1-9-7-13(10(2)18-9)19(16,17)15-8-11-3-5-12(14)6-4-11/h3-7,15H,8H2,1-2H3. The van der Waals surface area contributed by atoms with E-state index in [1.807, 2.05) is 6.92 Å². The molecule has 1 aromatic heterocycles. The number of thiophene rings is 1. The van der Waals surface area contributed by atoms with Gasteiger partial charge in [0, 0.05) is 16.3 Å². The molecule has 0 unspecified atom stereocenters. The second kappa shape index (κ2) is 5.40. The molecule has 0 saturated carbocycles. The first-order chi connectivity index (χ1) is 8.88. The molecule has 102 valence electrons. The summed E-state index contributed by atoms with van der Waals surface area (Å²) in [4.78, 5) is 2.04. The number of hydrogen-bond donors (Lipinski definition) is 1. The fourth-order valence-electron chi connectivity index (χ4n) is 1.73. The van der Waals surface area contributed by atoms with Gasteiger partial charge in [-0.3, -0.25) is 0 Å². The van der Waals surface area contributed by atoms with E-state index in [2.05, 4.69) is 4.72 Å². The van der Waals surface area contributed by atoms with Gasteiger partial charge in [0.15, 0.2) is 0 Å². The maximum absolute atomic E-state index is 12.7. The van der Waals surface area contributed by atoms with Crippen LogP contribution in [0.4, 0.5) is 4.39 Å². The summed E-state index contributed by atoms with van der Waals surface area (Å²) in [6, 6.07) is 7.40. The van der Waals surface area contributed by atoms with Crippen LogP contribution >= 0.6 is 11.3 Å². The monoisotopic (exact) mass is 299 g/mol. The topological polar surface area (TPSA) is 46.2 Å². The zero-order chi connectivity index (χ0) is 14.0. The smallest absolute Gasteiger partial charge is 0.207 e. The van der Waals surface area contributed by atoms with Crippen molar-refractivity contribution in [2.45, 2.75) is 25.3 Å². The Morgan fingerprint density at radius 1 is 1.21 bits per heavy atom. The summed E-state index contributed by atoms with van der Waals surface area (Å²) in [5, 5.41) is 0. The second-order valence-electron chi connectivity index (χ2n) is 4.23. The molecule has 0 amide bonds. The molecule has 0 aliphatic heterocycles. The van der Waals surface area contributed by atoms with E-state index >= 15 is 0 Å². The number of nitrogens with one attached hydrogen (secondary N) is 1. The molecule has 1 N–H and O–H groups in total. The molecule has 0 saturated heterocycles. The summed E-state index contributed by atoms with van der Waals surface area (Å²) in [6.07, 6.45) is 0. The lowest BCUT2D eigenvalue weighted by Crippen LogP contribution is -2.23. The van der Waals surface area contributed by atoms with Gasteiger partial charge >= 0.3 is 0 Å². The lowest BCUT2D eigenvalue weighted by atomic mass is 10.2. The van der Waals surface area contributed by atoms with Crippen molar-refractivity contribution in [1.29, 1.82) is 0 Å². The van der Waals surface area contributed by atoms with E-state index in [1.165, 1.54) is 23.5 Å². The van der Waals surface area contributed by atoms with Crippen LogP contribution in [0.15, 0.2) is 35.2 Å². The SMILES string of the molecule is Cc1cc(S(=O)(=O)NCc2ccc(F)cc2)c(C)s1. The lowest BCUT2D eigenvalue weighted by molar-refractivity contribution is 0.581. The molecule has 19 heavy (non-hydrogen) atoms. The molecule has 0 spiro atoms. The van der Waals surface area contributed by atoms with E-state index in [4.69, 9.17) is 0 Å². The molecule has 0 aliphatic carbocycles. The van der Waals surface area contributed by atoms with E-state index in [-0.39, 0.29) is 12.4 Å². The highest BCUT2D eigenvalue weighted by molar-refractivity contribution is 7.89.